The molecule has 1 amide bonds. The molecule has 0 aliphatic rings. The fourth-order valence-electron chi connectivity index (χ4n) is 1.06. The van der Waals surface area contributed by atoms with E-state index in [4.69, 9.17) is 6.42 Å². The van der Waals surface area contributed by atoms with E-state index in [9.17, 15) is 9.59 Å². The standard InChI is InChI=1S/C12H11NO3/c1-3-9-4-6-10(7-5-9)13-11(14)8-12(15)16-2/h1,4-7H,8H2,2H3,(H,13,14). The zero-order valence-corrected chi connectivity index (χ0v) is 8.82. The zero-order chi connectivity index (χ0) is 12.0. The minimum atomic E-state index is -0.572. The lowest BCUT2D eigenvalue weighted by Crippen LogP contribution is -2.17. The van der Waals surface area contributed by atoms with E-state index in [1.165, 1.54) is 7.11 Å². The van der Waals surface area contributed by atoms with Crippen molar-refractivity contribution in [3.63, 3.8) is 0 Å². The number of carbonyl (C=O) groups excluding carboxylic acids is 2. The van der Waals surface area contributed by atoms with Gasteiger partial charge in [-0.2, -0.15) is 0 Å². The highest BCUT2D eigenvalue weighted by molar-refractivity contribution is 6.01. The second-order valence-electron chi connectivity index (χ2n) is 3.02. The quantitative estimate of drug-likeness (QED) is 0.469. The number of carbonyl (C=O) groups is 2. The van der Waals surface area contributed by atoms with Gasteiger partial charge in [-0.05, 0) is 24.3 Å². The second kappa shape index (κ2) is 5.56. The van der Waals surface area contributed by atoms with Gasteiger partial charge in [-0.15, -0.1) is 6.42 Å². The molecule has 4 nitrogen and oxygen atoms in total. The second-order valence-corrected chi connectivity index (χ2v) is 3.02. The molecule has 0 aliphatic heterocycles. The van der Waals surface area contributed by atoms with E-state index in [0.29, 0.717) is 5.69 Å². The minimum absolute atomic E-state index is 0.298. The summed E-state index contributed by atoms with van der Waals surface area (Å²) in [6.45, 7) is 0. The van der Waals surface area contributed by atoms with Crippen LogP contribution < -0.4 is 5.32 Å². The molecular weight excluding hydrogens is 206 g/mol. The summed E-state index contributed by atoms with van der Waals surface area (Å²) in [6.07, 6.45) is 4.89. The first-order chi connectivity index (χ1) is 7.65. The molecule has 0 unspecified atom stereocenters. The lowest BCUT2D eigenvalue weighted by atomic mass is 10.2. The number of amides is 1. The number of anilines is 1. The summed E-state index contributed by atoms with van der Waals surface area (Å²) in [6, 6.07) is 6.75. The number of hydrogen-bond donors (Lipinski definition) is 1. The van der Waals surface area contributed by atoms with Crippen LogP contribution in [-0.2, 0) is 14.3 Å². The first kappa shape index (κ1) is 11.8. The first-order valence-corrected chi connectivity index (χ1v) is 4.59. The molecule has 0 heterocycles. The highest BCUT2D eigenvalue weighted by Crippen LogP contribution is 2.08. The summed E-state index contributed by atoms with van der Waals surface area (Å²) in [5.74, 6) is 1.47. The largest absolute Gasteiger partial charge is 0.469 e. The molecule has 82 valence electrons. The van der Waals surface area contributed by atoms with Gasteiger partial charge >= 0.3 is 5.97 Å². The Labute approximate surface area is 93.6 Å². The first-order valence-electron chi connectivity index (χ1n) is 4.59. The van der Waals surface area contributed by atoms with Crippen molar-refractivity contribution in [2.45, 2.75) is 6.42 Å². The van der Waals surface area contributed by atoms with Crippen LogP contribution in [0.25, 0.3) is 0 Å². The fraction of sp³-hybridized carbons (Fsp3) is 0.167. The predicted molar refractivity (Wildman–Crippen MR) is 59.6 cm³/mol. The van der Waals surface area contributed by atoms with Crippen molar-refractivity contribution in [1.82, 2.24) is 0 Å². The Balaban J connectivity index is 2.57. The van der Waals surface area contributed by atoms with E-state index in [1.807, 2.05) is 0 Å². The zero-order valence-electron chi connectivity index (χ0n) is 8.82. The van der Waals surface area contributed by atoms with Crippen LogP contribution in [0, 0.1) is 12.3 Å². The molecule has 1 aromatic carbocycles. The van der Waals surface area contributed by atoms with Crippen molar-refractivity contribution in [2.75, 3.05) is 12.4 Å². The van der Waals surface area contributed by atoms with Crippen molar-refractivity contribution < 1.29 is 14.3 Å². The number of benzene rings is 1. The van der Waals surface area contributed by atoms with Crippen molar-refractivity contribution in [1.29, 1.82) is 0 Å². The summed E-state index contributed by atoms with van der Waals surface area (Å²) in [5.41, 5.74) is 1.32. The summed E-state index contributed by atoms with van der Waals surface area (Å²) in [4.78, 5) is 22.1. The summed E-state index contributed by atoms with van der Waals surface area (Å²) >= 11 is 0. The van der Waals surface area contributed by atoms with Crippen LogP contribution in [0.15, 0.2) is 24.3 Å². The number of esters is 1. The van der Waals surface area contributed by atoms with E-state index in [1.54, 1.807) is 24.3 Å². The van der Waals surface area contributed by atoms with Gasteiger partial charge in [0.1, 0.15) is 6.42 Å². The number of terminal acetylenes is 1. The maximum absolute atomic E-state index is 11.3. The van der Waals surface area contributed by atoms with Gasteiger partial charge in [-0.25, -0.2) is 0 Å². The maximum atomic E-state index is 11.3. The van der Waals surface area contributed by atoms with Gasteiger partial charge in [0.05, 0.1) is 7.11 Å². The van der Waals surface area contributed by atoms with Crippen LogP contribution in [0.3, 0.4) is 0 Å². The Morgan fingerprint density at radius 2 is 2.00 bits per heavy atom. The average molecular weight is 217 g/mol. The Hall–Kier alpha value is -2.28. The minimum Gasteiger partial charge on any atom is -0.469 e. The Morgan fingerprint density at radius 1 is 1.38 bits per heavy atom. The normalized spacial score (nSPS) is 9.00. The molecule has 1 rings (SSSR count). The van der Waals surface area contributed by atoms with Gasteiger partial charge in [0.15, 0.2) is 0 Å². The predicted octanol–water partition coefficient (Wildman–Crippen LogP) is 1.17. The summed E-state index contributed by atoms with van der Waals surface area (Å²) < 4.78 is 4.37. The molecule has 0 bridgehead atoms. The Bertz CT molecular complexity index is 429. The molecule has 0 aromatic heterocycles. The SMILES string of the molecule is C#Cc1ccc(NC(=O)CC(=O)OC)cc1. The van der Waals surface area contributed by atoms with Crippen molar-refractivity contribution in [2.24, 2.45) is 0 Å². The number of hydrogen-bond acceptors (Lipinski definition) is 3. The number of nitrogens with one attached hydrogen (secondary N) is 1. The van der Waals surface area contributed by atoms with Crippen molar-refractivity contribution >= 4 is 17.6 Å². The maximum Gasteiger partial charge on any atom is 0.315 e. The monoisotopic (exact) mass is 217 g/mol. The van der Waals surface area contributed by atoms with Gasteiger partial charge in [0, 0.05) is 11.3 Å². The molecule has 0 saturated carbocycles. The topological polar surface area (TPSA) is 55.4 Å². The summed E-state index contributed by atoms with van der Waals surface area (Å²) in [5, 5.41) is 2.55. The molecular formula is C12H11NO3. The third kappa shape index (κ3) is 3.46. The van der Waals surface area contributed by atoms with E-state index < -0.39 is 11.9 Å². The average Bonchev–Trinajstić information content (AvgIpc) is 2.29. The van der Waals surface area contributed by atoms with Crippen LogP contribution in [0.2, 0.25) is 0 Å². The molecule has 4 heteroatoms. The smallest absolute Gasteiger partial charge is 0.315 e. The molecule has 16 heavy (non-hydrogen) atoms. The molecule has 0 aliphatic carbocycles. The summed E-state index contributed by atoms with van der Waals surface area (Å²) in [7, 11) is 1.23. The van der Waals surface area contributed by atoms with Gasteiger partial charge in [0.2, 0.25) is 5.91 Å². The third-order valence-electron chi connectivity index (χ3n) is 1.87. The fourth-order valence-corrected chi connectivity index (χ4v) is 1.06. The Morgan fingerprint density at radius 3 is 2.50 bits per heavy atom. The molecule has 0 fully saturated rings. The van der Waals surface area contributed by atoms with Crippen molar-refractivity contribution in [3.05, 3.63) is 29.8 Å². The van der Waals surface area contributed by atoms with Gasteiger partial charge < -0.3 is 10.1 Å². The van der Waals surface area contributed by atoms with Crippen LogP contribution in [0.5, 0.6) is 0 Å². The van der Waals surface area contributed by atoms with E-state index in [0.717, 1.165) is 5.56 Å². The molecule has 1 aromatic rings. The van der Waals surface area contributed by atoms with Crippen LogP contribution in [-0.4, -0.2) is 19.0 Å². The third-order valence-corrected chi connectivity index (χ3v) is 1.87. The lowest BCUT2D eigenvalue weighted by Gasteiger charge is -2.04. The van der Waals surface area contributed by atoms with Crippen LogP contribution >= 0.6 is 0 Å². The van der Waals surface area contributed by atoms with Crippen LogP contribution in [0.1, 0.15) is 12.0 Å². The highest BCUT2D eigenvalue weighted by Gasteiger charge is 2.08. The van der Waals surface area contributed by atoms with Crippen molar-refractivity contribution in [3.8, 4) is 12.3 Å². The van der Waals surface area contributed by atoms with E-state index >= 15 is 0 Å². The van der Waals surface area contributed by atoms with E-state index in [-0.39, 0.29) is 6.42 Å². The highest BCUT2D eigenvalue weighted by atomic mass is 16.5. The molecule has 0 spiro atoms. The number of rotatable bonds is 3. The number of methoxy groups -OCH3 is 1. The molecule has 0 saturated heterocycles. The molecule has 1 N–H and O–H groups in total. The van der Waals surface area contributed by atoms with Gasteiger partial charge in [0.25, 0.3) is 0 Å². The number of ether oxygens (including phenoxy) is 1. The van der Waals surface area contributed by atoms with E-state index in [2.05, 4.69) is 16.0 Å². The van der Waals surface area contributed by atoms with Gasteiger partial charge in [-0.1, -0.05) is 5.92 Å². The molecule has 0 radical (unpaired) electrons. The van der Waals surface area contributed by atoms with Gasteiger partial charge in [-0.3, -0.25) is 9.59 Å². The molecule has 0 atom stereocenters. The lowest BCUT2D eigenvalue weighted by molar-refractivity contribution is -0.142. The van der Waals surface area contributed by atoms with Crippen LogP contribution in [0.4, 0.5) is 5.69 Å². The Kier molecular flexibility index (Phi) is 4.10.